The summed E-state index contributed by atoms with van der Waals surface area (Å²) in [5.41, 5.74) is -1.30. The number of amides is 4. The Balaban J connectivity index is 1.42. The molecule has 0 atom stereocenters. The fourth-order valence-electron chi connectivity index (χ4n) is 3.62. The lowest BCUT2D eigenvalue weighted by molar-refractivity contribution is -0.136. The molecule has 4 amide bonds. The van der Waals surface area contributed by atoms with Crippen molar-refractivity contribution in [2.45, 2.75) is 6.18 Å². The first-order chi connectivity index (χ1) is 16.7. The standard InChI is InChI=1S/C24H21F3N4O4/c25-24(26,27)18-15-17(28-21(32)16-5-2-1-3-6-16)8-9-19(18)29-23(34)31-12-10-30(11-13-31)22(33)20-7-4-14-35-20/h1-9,14-15H,10-13H2,(H,28,32)(H,29,34). The van der Waals surface area contributed by atoms with Gasteiger partial charge in [0.15, 0.2) is 5.76 Å². The molecule has 1 aromatic heterocycles. The van der Waals surface area contributed by atoms with Crippen molar-refractivity contribution in [1.82, 2.24) is 9.80 Å². The van der Waals surface area contributed by atoms with Gasteiger partial charge in [0, 0.05) is 37.4 Å². The molecule has 1 aliphatic heterocycles. The van der Waals surface area contributed by atoms with E-state index in [0.717, 1.165) is 12.1 Å². The van der Waals surface area contributed by atoms with Crippen molar-refractivity contribution in [3.8, 4) is 0 Å². The van der Waals surface area contributed by atoms with E-state index in [1.54, 1.807) is 24.3 Å². The van der Waals surface area contributed by atoms with Crippen LogP contribution in [0.3, 0.4) is 0 Å². The van der Waals surface area contributed by atoms with Crippen LogP contribution >= 0.6 is 0 Å². The van der Waals surface area contributed by atoms with Gasteiger partial charge in [-0.3, -0.25) is 9.59 Å². The maximum atomic E-state index is 13.7. The molecule has 11 heteroatoms. The van der Waals surface area contributed by atoms with Gasteiger partial charge in [-0.2, -0.15) is 13.2 Å². The second-order valence-corrected chi connectivity index (χ2v) is 7.76. The van der Waals surface area contributed by atoms with E-state index in [1.807, 2.05) is 0 Å². The van der Waals surface area contributed by atoms with E-state index in [-0.39, 0.29) is 43.5 Å². The van der Waals surface area contributed by atoms with Gasteiger partial charge in [-0.15, -0.1) is 0 Å². The molecule has 0 aliphatic carbocycles. The average Bonchev–Trinajstić information content (AvgIpc) is 3.39. The number of rotatable bonds is 4. The number of furan rings is 1. The molecular formula is C24H21F3N4O4. The highest BCUT2D eigenvalue weighted by Gasteiger charge is 2.35. The van der Waals surface area contributed by atoms with Crippen molar-refractivity contribution in [3.63, 3.8) is 0 Å². The maximum absolute atomic E-state index is 13.7. The van der Waals surface area contributed by atoms with E-state index in [9.17, 15) is 27.6 Å². The number of carbonyl (C=O) groups excluding carboxylic acids is 3. The number of nitrogens with zero attached hydrogens (tertiary/aromatic N) is 2. The summed E-state index contributed by atoms with van der Waals surface area (Å²) in [6.07, 6.45) is -3.39. The topological polar surface area (TPSA) is 94.9 Å². The number of halogens is 3. The van der Waals surface area contributed by atoms with Crippen LogP contribution in [0.5, 0.6) is 0 Å². The number of hydrogen-bond donors (Lipinski definition) is 2. The number of alkyl halides is 3. The SMILES string of the molecule is O=C(Nc1ccc(NC(=O)N2CCN(C(=O)c3ccco3)CC2)c(C(F)(F)F)c1)c1ccccc1. The molecule has 2 aromatic carbocycles. The Morgan fingerprint density at radius 3 is 2.14 bits per heavy atom. The molecule has 182 valence electrons. The van der Waals surface area contributed by atoms with Crippen LogP contribution in [0.25, 0.3) is 0 Å². The zero-order chi connectivity index (χ0) is 25.0. The number of piperazine rings is 1. The molecule has 0 bridgehead atoms. The number of nitrogens with one attached hydrogen (secondary N) is 2. The average molecular weight is 486 g/mol. The number of hydrogen-bond acceptors (Lipinski definition) is 4. The summed E-state index contributed by atoms with van der Waals surface area (Å²) in [4.78, 5) is 40.1. The smallest absolute Gasteiger partial charge is 0.418 e. The van der Waals surface area contributed by atoms with Crippen molar-refractivity contribution in [2.24, 2.45) is 0 Å². The van der Waals surface area contributed by atoms with Crippen molar-refractivity contribution >= 4 is 29.2 Å². The second kappa shape index (κ2) is 9.92. The normalized spacial score (nSPS) is 13.9. The largest absolute Gasteiger partial charge is 0.459 e. The molecular weight excluding hydrogens is 465 g/mol. The molecule has 0 saturated carbocycles. The summed E-state index contributed by atoms with van der Waals surface area (Å²) in [6, 6.07) is 13.6. The molecule has 0 spiro atoms. The molecule has 8 nitrogen and oxygen atoms in total. The highest BCUT2D eigenvalue weighted by molar-refractivity contribution is 6.04. The Kier molecular flexibility index (Phi) is 6.76. The minimum absolute atomic E-state index is 0.0609. The number of benzene rings is 2. The second-order valence-electron chi connectivity index (χ2n) is 7.76. The molecule has 35 heavy (non-hydrogen) atoms. The van der Waals surface area contributed by atoms with Crippen LogP contribution in [-0.4, -0.2) is 53.8 Å². The quantitative estimate of drug-likeness (QED) is 0.566. The number of carbonyl (C=O) groups is 3. The first-order valence-electron chi connectivity index (χ1n) is 10.7. The maximum Gasteiger partial charge on any atom is 0.418 e. The van der Waals surface area contributed by atoms with Crippen LogP contribution < -0.4 is 10.6 Å². The van der Waals surface area contributed by atoms with Crippen LogP contribution in [0.4, 0.5) is 29.3 Å². The van der Waals surface area contributed by atoms with E-state index in [0.29, 0.717) is 5.56 Å². The first kappa shape index (κ1) is 23.9. The summed E-state index contributed by atoms with van der Waals surface area (Å²) in [5.74, 6) is -0.697. The van der Waals surface area contributed by atoms with E-state index in [4.69, 9.17) is 4.42 Å². The fourth-order valence-corrected chi connectivity index (χ4v) is 3.62. The van der Waals surface area contributed by atoms with Gasteiger partial charge in [0.1, 0.15) is 0 Å². The van der Waals surface area contributed by atoms with Crippen LogP contribution in [0.2, 0.25) is 0 Å². The minimum Gasteiger partial charge on any atom is -0.459 e. The molecule has 0 unspecified atom stereocenters. The van der Waals surface area contributed by atoms with Gasteiger partial charge in [0.2, 0.25) is 0 Å². The van der Waals surface area contributed by atoms with E-state index < -0.39 is 29.4 Å². The Morgan fingerprint density at radius 2 is 1.51 bits per heavy atom. The predicted molar refractivity (Wildman–Crippen MR) is 121 cm³/mol. The van der Waals surface area contributed by atoms with Gasteiger partial charge in [-0.1, -0.05) is 18.2 Å². The lowest BCUT2D eigenvalue weighted by Crippen LogP contribution is -2.51. The van der Waals surface area contributed by atoms with Crippen LogP contribution in [0.1, 0.15) is 26.5 Å². The predicted octanol–water partition coefficient (Wildman–Crippen LogP) is 4.54. The fraction of sp³-hybridized carbons (Fsp3) is 0.208. The zero-order valence-corrected chi connectivity index (χ0v) is 18.3. The number of anilines is 2. The van der Waals surface area contributed by atoms with E-state index in [2.05, 4.69) is 10.6 Å². The van der Waals surface area contributed by atoms with Crippen molar-refractivity contribution in [1.29, 1.82) is 0 Å². The molecule has 2 heterocycles. The Bertz CT molecular complexity index is 1210. The van der Waals surface area contributed by atoms with Gasteiger partial charge >= 0.3 is 12.2 Å². The molecule has 3 aromatic rings. The van der Waals surface area contributed by atoms with Crippen molar-refractivity contribution in [2.75, 3.05) is 36.8 Å². The van der Waals surface area contributed by atoms with Gasteiger partial charge in [0.25, 0.3) is 11.8 Å². The third-order valence-corrected chi connectivity index (χ3v) is 5.45. The van der Waals surface area contributed by atoms with E-state index in [1.165, 1.54) is 40.3 Å². The van der Waals surface area contributed by atoms with Gasteiger partial charge in [-0.05, 0) is 42.5 Å². The molecule has 1 fully saturated rings. The Hall–Kier alpha value is -4.28. The zero-order valence-electron chi connectivity index (χ0n) is 18.3. The molecule has 2 N–H and O–H groups in total. The first-order valence-corrected chi connectivity index (χ1v) is 10.7. The van der Waals surface area contributed by atoms with Gasteiger partial charge < -0.3 is 24.9 Å². The third-order valence-electron chi connectivity index (χ3n) is 5.45. The highest BCUT2D eigenvalue weighted by Crippen LogP contribution is 2.37. The molecule has 4 rings (SSSR count). The van der Waals surface area contributed by atoms with Gasteiger partial charge in [-0.25, -0.2) is 4.79 Å². The van der Waals surface area contributed by atoms with Crippen LogP contribution in [0, 0.1) is 0 Å². The van der Waals surface area contributed by atoms with Crippen molar-refractivity contribution in [3.05, 3.63) is 83.8 Å². The van der Waals surface area contributed by atoms with Gasteiger partial charge in [0.05, 0.1) is 17.5 Å². The third kappa shape index (κ3) is 5.62. The summed E-state index contributed by atoms with van der Waals surface area (Å²) < 4.78 is 46.3. The van der Waals surface area contributed by atoms with E-state index >= 15 is 0 Å². The monoisotopic (exact) mass is 486 g/mol. The van der Waals surface area contributed by atoms with Crippen LogP contribution in [0.15, 0.2) is 71.3 Å². The summed E-state index contributed by atoms with van der Waals surface area (Å²) in [7, 11) is 0. The molecule has 0 radical (unpaired) electrons. The molecule has 1 saturated heterocycles. The Morgan fingerprint density at radius 1 is 0.829 bits per heavy atom. The lowest BCUT2D eigenvalue weighted by Gasteiger charge is -2.34. The molecule has 1 aliphatic rings. The number of urea groups is 1. The lowest BCUT2D eigenvalue weighted by atomic mass is 10.1. The van der Waals surface area contributed by atoms with Crippen LogP contribution in [-0.2, 0) is 6.18 Å². The minimum atomic E-state index is -4.77. The Labute approximate surface area is 198 Å². The highest BCUT2D eigenvalue weighted by atomic mass is 19.4. The summed E-state index contributed by atoms with van der Waals surface area (Å²) >= 11 is 0. The van der Waals surface area contributed by atoms with Crippen molar-refractivity contribution < 1.29 is 32.0 Å². The summed E-state index contributed by atoms with van der Waals surface area (Å²) in [6.45, 7) is 0.711. The summed E-state index contributed by atoms with van der Waals surface area (Å²) in [5, 5.41) is 4.74.